The van der Waals surface area contributed by atoms with Gasteiger partial charge in [0.15, 0.2) is 5.58 Å². The largest absolute Gasteiger partial charge is 0.457 e. The number of benzene rings is 1. The van der Waals surface area contributed by atoms with Crippen molar-refractivity contribution in [3.8, 4) is 0 Å². The van der Waals surface area contributed by atoms with E-state index in [0.717, 1.165) is 24.8 Å². The zero-order chi connectivity index (χ0) is 28.5. The molecule has 0 saturated carbocycles. The van der Waals surface area contributed by atoms with Crippen LogP contribution in [0.15, 0.2) is 35.3 Å². The molecule has 0 spiro atoms. The minimum atomic E-state index is -1.30. The maximum Gasteiger partial charge on any atom is 0.309 e. The number of esters is 1. The fourth-order valence-corrected chi connectivity index (χ4v) is 5.72. The number of nitrogens with zero attached hydrogens (tertiary/aromatic N) is 1. The van der Waals surface area contributed by atoms with Crippen LogP contribution in [0.1, 0.15) is 83.8 Å². The number of nitrogens with two attached hydrogens (primary N) is 1. The van der Waals surface area contributed by atoms with Crippen LogP contribution in [-0.2, 0) is 25.6 Å². The first kappa shape index (κ1) is 29.4. The molecule has 1 aromatic carbocycles. The highest BCUT2D eigenvalue weighted by molar-refractivity contribution is 5.88. The van der Waals surface area contributed by atoms with Crippen molar-refractivity contribution in [2.24, 2.45) is 23.0 Å². The monoisotopic (exact) mass is 542 g/mol. The Labute approximate surface area is 229 Å². The summed E-state index contributed by atoms with van der Waals surface area (Å²) in [7, 11) is 0. The Hall–Kier alpha value is -2.59. The molecular weight excluding hydrogens is 500 g/mol. The minimum absolute atomic E-state index is 0.118. The third-order valence-electron chi connectivity index (χ3n) is 8.65. The lowest BCUT2D eigenvalue weighted by molar-refractivity contribution is -0.156. The fourth-order valence-electron chi connectivity index (χ4n) is 5.72. The number of aliphatic hydroxyl groups excluding tert-OH is 2. The van der Waals surface area contributed by atoms with Crippen molar-refractivity contribution >= 4 is 22.9 Å². The maximum atomic E-state index is 13.6. The number of aliphatic hydroxyl groups is 2. The van der Waals surface area contributed by atoms with Gasteiger partial charge in [-0.2, -0.15) is 0 Å². The Morgan fingerprint density at radius 2 is 1.97 bits per heavy atom. The molecule has 2 aliphatic rings. The van der Waals surface area contributed by atoms with Crippen LogP contribution in [-0.4, -0.2) is 50.9 Å². The second-order valence-corrected chi connectivity index (χ2v) is 12.0. The van der Waals surface area contributed by atoms with Crippen LogP contribution in [0.4, 0.5) is 0 Å². The summed E-state index contributed by atoms with van der Waals surface area (Å²) in [5.41, 5.74) is 5.96. The molecule has 3 heterocycles. The molecule has 2 aliphatic heterocycles. The van der Waals surface area contributed by atoms with Crippen molar-refractivity contribution in [2.45, 2.75) is 103 Å². The topological polar surface area (TPSA) is 148 Å². The molecule has 39 heavy (non-hydrogen) atoms. The van der Waals surface area contributed by atoms with Crippen LogP contribution >= 0.6 is 0 Å². The third kappa shape index (κ3) is 6.27. The minimum Gasteiger partial charge on any atom is -0.457 e. The van der Waals surface area contributed by atoms with E-state index in [1.165, 1.54) is 0 Å². The lowest BCUT2D eigenvalue weighted by Gasteiger charge is -2.35. The van der Waals surface area contributed by atoms with Crippen LogP contribution < -0.4 is 5.73 Å². The van der Waals surface area contributed by atoms with Gasteiger partial charge in [0, 0.05) is 12.3 Å². The van der Waals surface area contributed by atoms with Gasteiger partial charge >= 0.3 is 5.97 Å². The summed E-state index contributed by atoms with van der Waals surface area (Å²) in [6, 6.07) is 5.43. The third-order valence-corrected chi connectivity index (χ3v) is 8.65. The molecule has 0 amide bonds. The van der Waals surface area contributed by atoms with Crippen molar-refractivity contribution in [2.75, 3.05) is 0 Å². The van der Waals surface area contributed by atoms with Crippen LogP contribution in [0, 0.1) is 17.3 Å². The molecule has 1 aromatic heterocycles. The number of Topliss-reactive ketones (excluding diaryl/α,β-unsaturated/α-hetero) is 1. The van der Waals surface area contributed by atoms with Gasteiger partial charge in [-0.3, -0.25) is 9.59 Å². The quantitative estimate of drug-likeness (QED) is 0.294. The Morgan fingerprint density at radius 1 is 1.23 bits per heavy atom. The number of fused-ring (bicyclic) bond motifs is 2. The normalized spacial score (nSPS) is 34.3. The van der Waals surface area contributed by atoms with Gasteiger partial charge < -0.3 is 29.8 Å². The SMILES string of the molecule is C=CC[C@H]1C(=O)C(C)(C)[C@@H](O)CC(=O)O[C@H](c2ccc3oc(CN)nc3c2)C[C@@H]2O[C@]2(C)CCC[C@H](C)[C@@H]1O. The van der Waals surface area contributed by atoms with E-state index < -0.39 is 35.6 Å². The number of allylic oxidation sites excluding steroid dienone is 1. The number of carbonyl (C=O) groups is 2. The molecule has 4 rings (SSSR count). The van der Waals surface area contributed by atoms with Crippen LogP contribution in [0.5, 0.6) is 0 Å². The van der Waals surface area contributed by atoms with E-state index in [0.29, 0.717) is 23.4 Å². The molecule has 0 aliphatic carbocycles. The molecule has 2 aromatic rings. The van der Waals surface area contributed by atoms with Crippen molar-refractivity contribution in [3.05, 3.63) is 42.3 Å². The van der Waals surface area contributed by atoms with E-state index in [9.17, 15) is 19.8 Å². The Bertz CT molecular complexity index is 1210. The second kappa shape index (κ2) is 11.5. The fraction of sp³-hybridized carbons (Fsp3) is 0.633. The van der Waals surface area contributed by atoms with Crippen LogP contribution in [0.3, 0.4) is 0 Å². The summed E-state index contributed by atoms with van der Waals surface area (Å²) >= 11 is 0. The summed E-state index contributed by atoms with van der Waals surface area (Å²) in [5.74, 6) is -1.37. The van der Waals surface area contributed by atoms with Crippen LogP contribution in [0.2, 0.25) is 0 Å². The zero-order valence-electron chi connectivity index (χ0n) is 23.4. The number of hydrogen-bond donors (Lipinski definition) is 3. The standard InChI is InChI=1S/C30H42N2O7/c1-6-8-19-27(35)17(2)9-7-12-30(5)24(39-30)14-22(38-26(34)15-23(33)29(3,4)28(19)36)18-10-11-21-20(13-18)32-25(16-31)37-21/h6,10-11,13,17,19,22-24,27,33,35H,1,7-9,12,14-16,31H2,2-5H3/t17-,19+,22-,23-,24-,27-,30+/m0/s1. The molecule has 0 unspecified atom stereocenters. The molecule has 2 fully saturated rings. The zero-order valence-corrected chi connectivity index (χ0v) is 23.4. The number of epoxide rings is 1. The summed E-state index contributed by atoms with van der Waals surface area (Å²) in [6.07, 6.45) is 1.34. The van der Waals surface area contributed by atoms with Crippen molar-refractivity contribution in [1.29, 1.82) is 0 Å². The summed E-state index contributed by atoms with van der Waals surface area (Å²) < 4.78 is 17.6. The molecule has 9 nitrogen and oxygen atoms in total. The smallest absolute Gasteiger partial charge is 0.309 e. The summed E-state index contributed by atoms with van der Waals surface area (Å²) in [5, 5.41) is 22.2. The Morgan fingerprint density at radius 3 is 2.67 bits per heavy atom. The van der Waals surface area contributed by atoms with E-state index in [1.807, 2.05) is 26.0 Å². The molecule has 4 N–H and O–H groups in total. The van der Waals surface area contributed by atoms with E-state index in [4.69, 9.17) is 19.6 Å². The van der Waals surface area contributed by atoms with Gasteiger partial charge in [-0.05, 0) is 49.8 Å². The van der Waals surface area contributed by atoms with Gasteiger partial charge in [0.25, 0.3) is 0 Å². The van der Waals surface area contributed by atoms with Crippen molar-refractivity contribution in [3.63, 3.8) is 0 Å². The highest BCUT2D eigenvalue weighted by Crippen LogP contribution is 2.47. The number of rotatable bonds is 4. The van der Waals surface area contributed by atoms with E-state index in [1.54, 1.807) is 26.0 Å². The van der Waals surface area contributed by atoms with Gasteiger partial charge in [-0.1, -0.05) is 39.3 Å². The maximum absolute atomic E-state index is 13.6. The van der Waals surface area contributed by atoms with Crippen LogP contribution in [0.25, 0.3) is 11.1 Å². The van der Waals surface area contributed by atoms with Gasteiger partial charge in [0.05, 0.1) is 42.3 Å². The lowest BCUT2D eigenvalue weighted by atomic mass is 9.71. The number of oxazole rings is 1. The average molecular weight is 543 g/mol. The molecule has 0 radical (unpaired) electrons. The molecule has 0 bridgehead atoms. The first-order valence-corrected chi connectivity index (χ1v) is 13.9. The van der Waals surface area contributed by atoms with Gasteiger partial charge in [-0.15, -0.1) is 6.58 Å². The molecule has 9 heteroatoms. The lowest BCUT2D eigenvalue weighted by Crippen LogP contribution is -2.46. The molecule has 214 valence electrons. The number of ketones is 1. The number of carbonyl (C=O) groups excluding carboxylic acids is 2. The summed E-state index contributed by atoms with van der Waals surface area (Å²) in [4.78, 5) is 31.2. The van der Waals surface area contributed by atoms with Gasteiger partial charge in [0.2, 0.25) is 5.89 Å². The Kier molecular flexibility index (Phi) is 8.66. The number of hydrogen-bond acceptors (Lipinski definition) is 9. The van der Waals surface area contributed by atoms with Gasteiger partial charge in [0.1, 0.15) is 17.4 Å². The number of ether oxygens (including phenoxy) is 2. The average Bonchev–Trinajstić information content (AvgIpc) is 3.33. The van der Waals surface area contributed by atoms with E-state index in [-0.39, 0.29) is 42.8 Å². The predicted molar refractivity (Wildman–Crippen MR) is 145 cm³/mol. The van der Waals surface area contributed by atoms with Gasteiger partial charge in [-0.25, -0.2) is 4.98 Å². The Balaban J connectivity index is 1.63. The first-order chi connectivity index (χ1) is 18.4. The van der Waals surface area contributed by atoms with Crippen molar-refractivity contribution in [1.82, 2.24) is 4.98 Å². The first-order valence-electron chi connectivity index (χ1n) is 13.9. The van der Waals surface area contributed by atoms with E-state index >= 15 is 0 Å². The number of cyclic esters (lactones) is 1. The molecule has 7 atom stereocenters. The second-order valence-electron chi connectivity index (χ2n) is 12.0. The number of aromatic nitrogens is 1. The summed E-state index contributed by atoms with van der Waals surface area (Å²) in [6.45, 7) is 11.1. The molecular formula is C30H42N2O7. The molecule has 2 saturated heterocycles. The van der Waals surface area contributed by atoms with E-state index in [2.05, 4.69) is 11.6 Å². The highest BCUT2D eigenvalue weighted by atomic mass is 16.6. The van der Waals surface area contributed by atoms with Crippen molar-refractivity contribution < 1.29 is 33.7 Å². The highest BCUT2D eigenvalue weighted by Gasteiger charge is 2.53. The predicted octanol–water partition coefficient (Wildman–Crippen LogP) is 4.14.